The molecule has 2 aliphatic rings. The number of hydrogen-bond donors (Lipinski definition) is 0. The minimum atomic E-state index is 1.09. The molecular formula is C20H25N2S+. The molecule has 0 N–H and O–H groups in total. The molecule has 3 rings (SSSR count). The Morgan fingerprint density at radius 3 is 2.43 bits per heavy atom. The number of hydrogen-bond acceptors (Lipinski definition) is 2. The Bertz CT molecular complexity index is 809. The molecule has 0 saturated carbocycles. The smallest absolute Gasteiger partial charge is 0.201 e. The van der Waals surface area contributed by atoms with Gasteiger partial charge in [0.05, 0.1) is 20.8 Å². The van der Waals surface area contributed by atoms with E-state index in [0.29, 0.717) is 0 Å². The molecule has 0 unspecified atom stereocenters. The van der Waals surface area contributed by atoms with E-state index in [-0.39, 0.29) is 0 Å². The predicted octanol–water partition coefficient (Wildman–Crippen LogP) is 4.77. The van der Waals surface area contributed by atoms with Gasteiger partial charge in [-0.15, -0.1) is 11.3 Å². The van der Waals surface area contributed by atoms with Crippen LogP contribution in [0.3, 0.4) is 0 Å². The van der Waals surface area contributed by atoms with Crippen LogP contribution in [0, 0.1) is 0 Å². The van der Waals surface area contributed by atoms with Crippen LogP contribution in [-0.2, 0) is 0 Å². The van der Waals surface area contributed by atoms with Crippen LogP contribution >= 0.6 is 11.3 Å². The van der Waals surface area contributed by atoms with Crippen molar-refractivity contribution in [2.75, 3.05) is 13.1 Å². The zero-order chi connectivity index (χ0) is 16.1. The summed E-state index contributed by atoms with van der Waals surface area (Å²) in [4.78, 5) is 6.07. The first-order valence-corrected chi connectivity index (χ1v) is 9.51. The summed E-state index contributed by atoms with van der Waals surface area (Å²) < 4.78 is 3.79. The first kappa shape index (κ1) is 16.1. The molecule has 0 spiro atoms. The highest BCUT2D eigenvalue weighted by Gasteiger charge is 2.11. The molecule has 1 heterocycles. The van der Waals surface area contributed by atoms with Gasteiger partial charge in [-0.2, -0.15) is 0 Å². The number of unbranched alkanes of at least 4 members (excludes halogenated alkanes) is 2. The Morgan fingerprint density at radius 2 is 1.70 bits per heavy atom. The topological polar surface area (TPSA) is 15.9 Å². The molecule has 120 valence electrons. The highest BCUT2D eigenvalue weighted by Crippen LogP contribution is 2.28. The summed E-state index contributed by atoms with van der Waals surface area (Å²) in [6.07, 6.45) is 4.98. The summed E-state index contributed by atoms with van der Waals surface area (Å²) in [7, 11) is 0. The van der Waals surface area contributed by atoms with Crippen LogP contribution in [0.4, 0.5) is 0 Å². The third kappa shape index (κ3) is 3.78. The van der Waals surface area contributed by atoms with Crippen LogP contribution in [0.25, 0.3) is 20.8 Å². The molecule has 1 aliphatic carbocycles. The highest BCUT2D eigenvalue weighted by atomic mass is 32.1. The lowest BCUT2D eigenvalue weighted by molar-refractivity contribution is 0.525. The summed E-state index contributed by atoms with van der Waals surface area (Å²) in [6, 6.07) is 15.1. The fraction of sp³-hybridized carbons (Fsp3) is 0.400. The molecule has 0 atom stereocenters. The van der Waals surface area contributed by atoms with Crippen molar-refractivity contribution in [3.05, 3.63) is 47.8 Å². The maximum atomic E-state index is 4.79. The Kier molecular flexibility index (Phi) is 5.39. The van der Waals surface area contributed by atoms with E-state index < -0.39 is 0 Å². The van der Waals surface area contributed by atoms with Gasteiger partial charge in [-0.05, 0) is 18.2 Å². The van der Waals surface area contributed by atoms with E-state index in [1.807, 2.05) is 11.3 Å². The average molecular weight is 326 g/mol. The van der Waals surface area contributed by atoms with Crippen LogP contribution < -0.4 is 9.93 Å². The van der Waals surface area contributed by atoms with Crippen molar-refractivity contribution in [3.63, 3.8) is 0 Å². The van der Waals surface area contributed by atoms with Gasteiger partial charge in [0.2, 0.25) is 5.36 Å². The summed E-state index contributed by atoms with van der Waals surface area (Å²) in [5, 5.41) is 1.34. The molecule has 1 aliphatic heterocycles. The standard InChI is InChI=1S/C20H25N2S/c1-3-5-13-22(14-6-4-2)16-11-12-18-20(15-16)23-19-10-8-7-9-17(19)21-18/h7-12,15H,3-6,13-14H2,1-2H3/q+1. The van der Waals surface area contributed by atoms with E-state index >= 15 is 0 Å². The average Bonchev–Trinajstić information content (AvgIpc) is 2.59. The lowest BCUT2D eigenvalue weighted by Crippen LogP contribution is -2.31. The number of rotatable bonds is 6. The van der Waals surface area contributed by atoms with Gasteiger partial charge >= 0.3 is 0 Å². The van der Waals surface area contributed by atoms with Gasteiger partial charge < -0.3 is 0 Å². The zero-order valence-electron chi connectivity index (χ0n) is 14.1. The predicted molar refractivity (Wildman–Crippen MR) is 101 cm³/mol. The molecule has 3 heteroatoms. The van der Waals surface area contributed by atoms with Crippen molar-refractivity contribution in [3.8, 4) is 10.6 Å². The minimum Gasteiger partial charge on any atom is -0.246 e. The van der Waals surface area contributed by atoms with E-state index in [1.165, 1.54) is 40.6 Å². The van der Waals surface area contributed by atoms with Gasteiger partial charge in [0.25, 0.3) is 0 Å². The highest BCUT2D eigenvalue weighted by molar-refractivity contribution is 7.21. The second-order valence-electron chi connectivity index (χ2n) is 6.03. The van der Waals surface area contributed by atoms with E-state index in [4.69, 9.17) is 4.98 Å². The van der Waals surface area contributed by atoms with Crippen molar-refractivity contribution in [2.24, 2.45) is 0 Å². The largest absolute Gasteiger partial charge is 0.246 e. The maximum Gasteiger partial charge on any atom is 0.201 e. The summed E-state index contributed by atoms with van der Waals surface area (Å²) in [5.41, 5.74) is 2.19. The molecule has 0 radical (unpaired) electrons. The van der Waals surface area contributed by atoms with Crippen molar-refractivity contribution in [1.29, 1.82) is 0 Å². The van der Waals surface area contributed by atoms with Crippen LogP contribution in [0.5, 0.6) is 0 Å². The first-order valence-electron chi connectivity index (χ1n) is 8.69. The Morgan fingerprint density at radius 1 is 0.957 bits per heavy atom. The third-order valence-electron chi connectivity index (χ3n) is 4.20. The van der Waals surface area contributed by atoms with Crippen LogP contribution in [0.1, 0.15) is 39.5 Å². The molecule has 1 aromatic carbocycles. The molecule has 2 nitrogen and oxygen atoms in total. The maximum absolute atomic E-state index is 4.79. The number of aromatic nitrogens is 1. The van der Waals surface area contributed by atoms with E-state index in [2.05, 4.69) is 60.9 Å². The Labute approximate surface area is 142 Å². The van der Waals surface area contributed by atoms with Gasteiger partial charge in [-0.25, -0.2) is 9.56 Å². The molecule has 0 amide bonds. The Hall–Kier alpha value is -1.74. The Balaban J connectivity index is 2.10. The van der Waals surface area contributed by atoms with E-state index in [0.717, 1.165) is 24.3 Å². The summed E-state index contributed by atoms with van der Waals surface area (Å²) >= 11 is 1.84. The van der Waals surface area contributed by atoms with Gasteiger partial charge in [0.1, 0.15) is 13.1 Å². The van der Waals surface area contributed by atoms with Crippen molar-refractivity contribution in [1.82, 2.24) is 9.56 Å². The lowest BCUT2D eigenvalue weighted by Gasteiger charge is -2.07. The number of benzene rings is 2. The van der Waals surface area contributed by atoms with Gasteiger partial charge in [-0.3, -0.25) is 0 Å². The van der Waals surface area contributed by atoms with Crippen molar-refractivity contribution < 1.29 is 0 Å². The van der Waals surface area contributed by atoms with Crippen LogP contribution in [-0.4, -0.2) is 18.1 Å². The molecule has 0 bridgehead atoms. The normalized spacial score (nSPS) is 11.2. The minimum absolute atomic E-state index is 1.09. The van der Waals surface area contributed by atoms with Crippen molar-refractivity contribution >= 4 is 21.6 Å². The van der Waals surface area contributed by atoms with E-state index in [9.17, 15) is 0 Å². The molecule has 0 saturated heterocycles. The zero-order valence-corrected chi connectivity index (χ0v) is 14.9. The third-order valence-corrected chi connectivity index (χ3v) is 5.31. The summed E-state index contributed by atoms with van der Waals surface area (Å²) in [5.74, 6) is 0. The van der Waals surface area contributed by atoms with E-state index in [1.54, 1.807) is 0 Å². The van der Waals surface area contributed by atoms with Gasteiger partial charge in [0, 0.05) is 25.0 Å². The monoisotopic (exact) mass is 325 g/mol. The SMILES string of the molecule is CCCC[N+](CCCC)=c1ccc2nc3ccccc3sc-2c1. The van der Waals surface area contributed by atoms with Crippen LogP contribution in [0.15, 0.2) is 42.5 Å². The van der Waals surface area contributed by atoms with Gasteiger partial charge in [-0.1, -0.05) is 38.8 Å². The van der Waals surface area contributed by atoms with Crippen molar-refractivity contribution in [2.45, 2.75) is 39.5 Å². The second-order valence-corrected chi connectivity index (χ2v) is 7.11. The molecular weight excluding hydrogens is 300 g/mol. The number of para-hydroxylation sites is 1. The molecule has 1 aromatic rings. The summed E-state index contributed by atoms with van der Waals surface area (Å²) in [6.45, 7) is 6.81. The molecule has 23 heavy (non-hydrogen) atoms. The fourth-order valence-electron chi connectivity index (χ4n) is 2.83. The first-order chi connectivity index (χ1) is 11.3. The van der Waals surface area contributed by atoms with Crippen LogP contribution in [0.2, 0.25) is 0 Å². The lowest BCUT2D eigenvalue weighted by atomic mass is 10.2. The molecule has 0 aromatic heterocycles. The number of nitrogens with zero attached hydrogens (tertiary/aromatic N) is 2. The second kappa shape index (κ2) is 7.69. The quantitative estimate of drug-likeness (QED) is 0.471. The molecule has 0 fully saturated rings. The fourth-order valence-corrected chi connectivity index (χ4v) is 3.83. The van der Waals surface area contributed by atoms with Gasteiger partial charge in [0.15, 0.2) is 0 Å². The number of fused-ring (bicyclic) bond motifs is 2.